The second kappa shape index (κ2) is 8.47. The lowest BCUT2D eigenvalue weighted by Gasteiger charge is -2.28. The number of phenols is 1. The minimum absolute atomic E-state index is 0.0660. The normalized spacial score (nSPS) is 20.4. The van der Waals surface area contributed by atoms with Gasteiger partial charge in [-0.05, 0) is 42.3 Å². The molecule has 1 saturated heterocycles. The molecule has 0 aromatic heterocycles. The van der Waals surface area contributed by atoms with Crippen molar-refractivity contribution in [1.82, 2.24) is 15.8 Å². The van der Waals surface area contributed by atoms with Crippen LogP contribution in [-0.2, 0) is 4.79 Å². The van der Waals surface area contributed by atoms with Crippen molar-refractivity contribution >= 4 is 5.91 Å². The van der Waals surface area contributed by atoms with Gasteiger partial charge in [0, 0.05) is 13.1 Å². The van der Waals surface area contributed by atoms with Gasteiger partial charge in [-0.25, -0.2) is 9.82 Å². The first-order chi connectivity index (χ1) is 13.0. The number of aliphatic hydroxyl groups excluding tert-OH is 1. The number of hydrazine groups is 1. The second-order valence-corrected chi connectivity index (χ2v) is 6.65. The summed E-state index contributed by atoms with van der Waals surface area (Å²) in [7, 11) is 0. The smallest absolute Gasteiger partial charge is 0.229 e. The first kappa shape index (κ1) is 19.3. The number of nitrogens with zero attached hydrogens (tertiary/aromatic N) is 1. The Bertz CT molecular complexity index is 802. The van der Waals surface area contributed by atoms with Crippen LogP contribution in [0.3, 0.4) is 0 Å². The van der Waals surface area contributed by atoms with Gasteiger partial charge in [0.05, 0.1) is 24.6 Å². The number of carbonyl (C=O) groups is 1. The fourth-order valence-electron chi connectivity index (χ4n) is 3.40. The number of aromatic hydroxyl groups is 1. The van der Waals surface area contributed by atoms with Crippen molar-refractivity contribution in [2.24, 2.45) is 5.92 Å². The molecule has 4 N–H and O–H groups in total. The average molecular weight is 373 g/mol. The van der Waals surface area contributed by atoms with E-state index in [2.05, 4.69) is 10.9 Å². The third kappa shape index (κ3) is 4.44. The van der Waals surface area contributed by atoms with Crippen LogP contribution in [0.2, 0.25) is 0 Å². The highest BCUT2D eigenvalue weighted by Crippen LogP contribution is 2.28. The summed E-state index contributed by atoms with van der Waals surface area (Å²) >= 11 is 0. The van der Waals surface area contributed by atoms with E-state index in [0.717, 1.165) is 0 Å². The molecule has 1 heterocycles. The van der Waals surface area contributed by atoms with E-state index in [1.165, 1.54) is 24.3 Å². The Morgan fingerprint density at radius 3 is 2.78 bits per heavy atom. The van der Waals surface area contributed by atoms with Crippen LogP contribution in [0, 0.1) is 11.7 Å². The Labute approximate surface area is 157 Å². The SMILES string of the molecule is CCN(CC(O)c1cccc(O)c1)C(=O)C1CNNC1c1cccc(F)c1. The van der Waals surface area contributed by atoms with Gasteiger partial charge in [0.2, 0.25) is 5.91 Å². The molecule has 0 radical (unpaired) electrons. The lowest BCUT2D eigenvalue weighted by atomic mass is 9.93. The molecule has 144 valence electrons. The van der Waals surface area contributed by atoms with Crippen molar-refractivity contribution in [3.05, 3.63) is 65.5 Å². The molecule has 1 amide bonds. The quantitative estimate of drug-likeness (QED) is 0.621. The van der Waals surface area contributed by atoms with Gasteiger partial charge in [-0.1, -0.05) is 24.3 Å². The predicted octanol–water partition coefficient (Wildman–Crippen LogP) is 1.88. The van der Waals surface area contributed by atoms with Crippen LogP contribution in [0.4, 0.5) is 4.39 Å². The number of rotatable bonds is 6. The summed E-state index contributed by atoms with van der Waals surface area (Å²) in [5.74, 6) is -0.818. The predicted molar refractivity (Wildman–Crippen MR) is 99.1 cm³/mol. The number of amides is 1. The Kier molecular flexibility index (Phi) is 6.05. The summed E-state index contributed by atoms with van der Waals surface area (Å²) in [6.07, 6.45) is -0.907. The number of aliphatic hydroxyl groups is 1. The van der Waals surface area contributed by atoms with Gasteiger partial charge in [-0.15, -0.1) is 0 Å². The fraction of sp³-hybridized carbons (Fsp3) is 0.350. The Balaban J connectivity index is 1.73. The van der Waals surface area contributed by atoms with Crippen molar-refractivity contribution in [2.45, 2.75) is 19.1 Å². The van der Waals surface area contributed by atoms with Crippen molar-refractivity contribution in [2.75, 3.05) is 19.6 Å². The van der Waals surface area contributed by atoms with Gasteiger partial charge < -0.3 is 15.1 Å². The number of phenolic OH excluding ortho intramolecular Hbond substituents is 1. The molecule has 0 bridgehead atoms. The van der Waals surface area contributed by atoms with Crippen LogP contribution in [0.15, 0.2) is 48.5 Å². The number of hydrogen-bond acceptors (Lipinski definition) is 5. The fourth-order valence-corrected chi connectivity index (χ4v) is 3.40. The summed E-state index contributed by atoms with van der Waals surface area (Å²) in [5, 5.41) is 20.1. The maximum Gasteiger partial charge on any atom is 0.229 e. The first-order valence-corrected chi connectivity index (χ1v) is 8.99. The summed E-state index contributed by atoms with van der Waals surface area (Å²) < 4.78 is 13.6. The van der Waals surface area contributed by atoms with E-state index in [9.17, 15) is 19.4 Å². The molecule has 0 spiro atoms. The molecule has 3 unspecified atom stereocenters. The molecular weight excluding hydrogens is 349 g/mol. The molecule has 0 saturated carbocycles. The molecule has 1 aliphatic heterocycles. The van der Waals surface area contributed by atoms with E-state index in [0.29, 0.717) is 24.2 Å². The zero-order valence-electron chi connectivity index (χ0n) is 15.1. The topological polar surface area (TPSA) is 84.8 Å². The summed E-state index contributed by atoms with van der Waals surface area (Å²) in [6, 6.07) is 12.2. The molecule has 7 heteroatoms. The molecule has 3 atom stereocenters. The molecule has 1 aliphatic rings. The number of nitrogens with one attached hydrogen (secondary N) is 2. The second-order valence-electron chi connectivity index (χ2n) is 6.65. The van der Waals surface area contributed by atoms with Gasteiger partial charge in [0.15, 0.2) is 0 Å². The van der Waals surface area contributed by atoms with E-state index >= 15 is 0 Å². The third-order valence-electron chi connectivity index (χ3n) is 4.85. The average Bonchev–Trinajstić information content (AvgIpc) is 3.15. The molecular formula is C20H24FN3O3. The maximum atomic E-state index is 13.6. The van der Waals surface area contributed by atoms with Crippen LogP contribution in [0.1, 0.15) is 30.2 Å². The monoisotopic (exact) mass is 373 g/mol. The van der Waals surface area contributed by atoms with Gasteiger partial charge in [-0.3, -0.25) is 10.2 Å². The van der Waals surface area contributed by atoms with Crippen LogP contribution in [-0.4, -0.2) is 40.7 Å². The number of hydrogen-bond donors (Lipinski definition) is 4. The third-order valence-corrected chi connectivity index (χ3v) is 4.85. The highest BCUT2D eigenvalue weighted by atomic mass is 19.1. The molecule has 3 rings (SSSR count). The molecule has 2 aromatic carbocycles. The van der Waals surface area contributed by atoms with E-state index in [1.54, 1.807) is 29.2 Å². The number of likely N-dealkylation sites (N-methyl/N-ethyl adjacent to an activating group) is 1. The molecule has 2 aromatic rings. The largest absolute Gasteiger partial charge is 0.508 e. The van der Waals surface area contributed by atoms with Gasteiger partial charge >= 0.3 is 0 Å². The van der Waals surface area contributed by atoms with Gasteiger partial charge in [0.1, 0.15) is 11.6 Å². The number of halogens is 1. The molecule has 0 aliphatic carbocycles. The summed E-state index contributed by atoms with van der Waals surface area (Å²) in [6.45, 7) is 2.81. The van der Waals surface area contributed by atoms with E-state index in [-0.39, 0.29) is 30.1 Å². The Morgan fingerprint density at radius 2 is 2.07 bits per heavy atom. The minimum atomic E-state index is -0.907. The van der Waals surface area contributed by atoms with E-state index in [1.807, 2.05) is 6.92 Å². The van der Waals surface area contributed by atoms with Crippen LogP contribution in [0.5, 0.6) is 5.75 Å². The Hall–Kier alpha value is -2.48. The highest BCUT2D eigenvalue weighted by Gasteiger charge is 2.36. The van der Waals surface area contributed by atoms with Gasteiger partial charge in [-0.2, -0.15) is 0 Å². The lowest BCUT2D eigenvalue weighted by Crippen LogP contribution is -2.41. The lowest BCUT2D eigenvalue weighted by molar-refractivity contribution is -0.136. The zero-order valence-corrected chi connectivity index (χ0v) is 15.1. The van der Waals surface area contributed by atoms with Crippen LogP contribution < -0.4 is 10.9 Å². The van der Waals surface area contributed by atoms with Crippen LogP contribution >= 0.6 is 0 Å². The van der Waals surface area contributed by atoms with Crippen LogP contribution in [0.25, 0.3) is 0 Å². The number of benzene rings is 2. The van der Waals surface area contributed by atoms with Crippen molar-refractivity contribution in [1.29, 1.82) is 0 Å². The van der Waals surface area contributed by atoms with Crippen molar-refractivity contribution in [3.8, 4) is 5.75 Å². The molecule has 1 fully saturated rings. The van der Waals surface area contributed by atoms with E-state index in [4.69, 9.17) is 0 Å². The number of carbonyl (C=O) groups excluding carboxylic acids is 1. The first-order valence-electron chi connectivity index (χ1n) is 8.99. The zero-order chi connectivity index (χ0) is 19.4. The van der Waals surface area contributed by atoms with Crippen molar-refractivity contribution in [3.63, 3.8) is 0 Å². The van der Waals surface area contributed by atoms with E-state index < -0.39 is 12.0 Å². The Morgan fingerprint density at radius 1 is 1.30 bits per heavy atom. The highest BCUT2D eigenvalue weighted by molar-refractivity contribution is 5.80. The standard InChI is InChI=1S/C20H24FN3O3/c1-2-24(12-18(26)13-5-4-8-16(25)10-13)20(27)17-11-22-23-19(17)14-6-3-7-15(21)9-14/h3-10,17-19,22-23,25-26H,2,11-12H2,1H3. The summed E-state index contributed by atoms with van der Waals surface area (Å²) in [5.41, 5.74) is 7.26. The van der Waals surface area contributed by atoms with Gasteiger partial charge in [0.25, 0.3) is 0 Å². The maximum absolute atomic E-state index is 13.6. The molecule has 27 heavy (non-hydrogen) atoms. The summed E-state index contributed by atoms with van der Waals surface area (Å²) in [4.78, 5) is 14.7. The van der Waals surface area contributed by atoms with Crippen molar-refractivity contribution < 1.29 is 19.4 Å². The molecule has 6 nitrogen and oxygen atoms in total. The minimum Gasteiger partial charge on any atom is -0.508 e.